The largest absolute Gasteiger partial charge is 0.385 e. The molecule has 1 aromatic heterocycles. The van der Waals surface area contributed by atoms with Crippen LogP contribution in [0.25, 0.3) is 0 Å². The topological polar surface area (TPSA) is 46.6 Å². The minimum Gasteiger partial charge on any atom is -0.385 e. The summed E-state index contributed by atoms with van der Waals surface area (Å²) in [5, 5.41) is 3.46. The van der Waals surface area contributed by atoms with Crippen molar-refractivity contribution in [3.05, 3.63) is 23.9 Å². The van der Waals surface area contributed by atoms with Gasteiger partial charge in [0, 0.05) is 51.7 Å². The molecule has 5 heteroatoms. The fraction of sp³-hybridized carbons (Fsp3) is 0.688. The Bertz CT molecular complexity index is 388. The number of nitrogens with one attached hydrogen (secondary N) is 1. The summed E-state index contributed by atoms with van der Waals surface area (Å²) in [6.07, 6.45) is 2.83. The molecule has 1 atom stereocenters. The first-order valence-electron chi connectivity index (χ1n) is 7.65. The molecule has 0 amide bonds. The Balaban J connectivity index is 2.88. The predicted octanol–water partition coefficient (Wildman–Crippen LogP) is 2.24. The molecular weight excluding hydrogens is 266 g/mol. The van der Waals surface area contributed by atoms with Crippen molar-refractivity contribution in [1.82, 2.24) is 10.3 Å². The molecule has 0 aliphatic rings. The molecule has 0 saturated heterocycles. The van der Waals surface area contributed by atoms with Gasteiger partial charge in [-0.3, -0.25) is 0 Å². The molecule has 120 valence electrons. The van der Waals surface area contributed by atoms with Gasteiger partial charge >= 0.3 is 0 Å². The van der Waals surface area contributed by atoms with E-state index in [4.69, 9.17) is 9.47 Å². The Kier molecular flexibility index (Phi) is 8.98. The lowest BCUT2D eigenvalue weighted by atomic mass is 10.1. The van der Waals surface area contributed by atoms with Gasteiger partial charge in [-0.2, -0.15) is 0 Å². The predicted molar refractivity (Wildman–Crippen MR) is 86.9 cm³/mol. The molecule has 0 saturated carbocycles. The first-order chi connectivity index (χ1) is 10.2. The van der Waals surface area contributed by atoms with Crippen LogP contribution in [0.3, 0.4) is 0 Å². The van der Waals surface area contributed by atoms with Crippen LogP contribution in [-0.4, -0.2) is 52.1 Å². The highest BCUT2D eigenvalue weighted by molar-refractivity contribution is 5.48. The number of pyridine rings is 1. The van der Waals surface area contributed by atoms with Gasteiger partial charge in [-0.1, -0.05) is 13.0 Å². The normalized spacial score (nSPS) is 12.4. The number of methoxy groups -OCH3 is 2. The van der Waals surface area contributed by atoms with E-state index in [1.54, 1.807) is 14.2 Å². The van der Waals surface area contributed by atoms with Crippen LogP contribution in [0, 0.1) is 0 Å². The first-order valence-corrected chi connectivity index (χ1v) is 7.65. The van der Waals surface area contributed by atoms with Crippen molar-refractivity contribution < 1.29 is 9.47 Å². The van der Waals surface area contributed by atoms with Crippen LogP contribution in [-0.2, 0) is 9.47 Å². The van der Waals surface area contributed by atoms with Crippen LogP contribution in [0.15, 0.2) is 18.3 Å². The monoisotopic (exact) mass is 295 g/mol. The highest BCUT2D eigenvalue weighted by Gasteiger charge is 2.16. The summed E-state index contributed by atoms with van der Waals surface area (Å²) in [6, 6.07) is 4.42. The van der Waals surface area contributed by atoms with Crippen molar-refractivity contribution in [3.63, 3.8) is 0 Å². The average Bonchev–Trinajstić information content (AvgIpc) is 2.51. The van der Waals surface area contributed by atoms with Crippen molar-refractivity contribution in [3.8, 4) is 0 Å². The summed E-state index contributed by atoms with van der Waals surface area (Å²) in [7, 11) is 3.47. The van der Waals surface area contributed by atoms with E-state index in [1.807, 2.05) is 12.3 Å². The van der Waals surface area contributed by atoms with E-state index in [0.717, 1.165) is 38.5 Å². The molecule has 0 aliphatic carbocycles. The number of hydrogen-bond donors (Lipinski definition) is 1. The first kappa shape index (κ1) is 17.9. The van der Waals surface area contributed by atoms with Gasteiger partial charge in [0.05, 0.1) is 6.61 Å². The Morgan fingerprint density at radius 1 is 1.24 bits per heavy atom. The molecule has 1 aromatic rings. The zero-order valence-electron chi connectivity index (χ0n) is 13.8. The Morgan fingerprint density at radius 2 is 2.00 bits per heavy atom. The molecule has 1 unspecified atom stereocenters. The lowest BCUT2D eigenvalue weighted by molar-refractivity contribution is 0.190. The zero-order valence-corrected chi connectivity index (χ0v) is 13.8. The summed E-state index contributed by atoms with van der Waals surface area (Å²) in [4.78, 5) is 6.89. The molecular formula is C16H29N3O2. The summed E-state index contributed by atoms with van der Waals surface area (Å²) < 4.78 is 10.4. The summed E-state index contributed by atoms with van der Waals surface area (Å²) >= 11 is 0. The number of hydrogen-bond acceptors (Lipinski definition) is 5. The molecule has 0 spiro atoms. The van der Waals surface area contributed by atoms with Crippen LogP contribution < -0.4 is 10.2 Å². The highest BCUT2D eigenvalue weighted by atomic mass is 16.5. The fourth-order valence-corrected chi connectivity index (χ4v) is 2.35. The molecule has 0 radical (unpaired) electrons. The van der Waals surface area contributed by atoms with Gasteiger partial charge in [-0.05, 0) is 26.0 Å². The minimum absolute atomic E-state index is 0.283. The van der Waals surface area contributed by atoms with Crippen LogP contribution >= 0.6 is 0 Å². The maximum absolute atomic E-state index is 5.23. The molecule has 5 nitrogen and oxygen atoms in total. The van der Waals surface area contributed by atoms with Crippen LogP contribution in [0.2, 0.25) is 0 Å². The van der Waals surface area contributed by atoms with Crippen molar-refractivity contribution in [1.29, 1.82) is 0 Å². The van der Waals surface area contributed by atoms with Gasteiger partial charge in [0.25, 0.3) is 0 Å². The maximum atomic E-state index is 5.23. The molecule has 1 rings (SSSR count). The van der Waals surface area contributed by atoms with Crippen LogP contribution in [0.1, 0.15) is 31.9 Å². The second-order valence-electron chi connectivity index (χ2n) is 5.02. The quantitative estimate of drug-likeness (QED) is 0.634. The van der Waals surface area contributed by atoms with E-state index in [0.29, 0.717) is 6.61 Å². The molecule has 0 aliphatic heterocycles. The Labute approximate surface area is 128 Å². The molecule has 0 bridgehead atoms. The molecule has 0 fully saturated rings. The Morgan fingerprint density at radius 3 is 2.67 bits per heavy atom. The third-order valence-corrected chi connectivity index (χ3v) is 3.44. The van der Waals surface area contributed by atoms with Gasteiger partial charge in [-0.25, -0.2) is 4.98 Å². The maximum Gasteiger partial charge on any atom is 0.133 e. The molecule has 1 N–H and O–H groups in total. The second-order valence-corrected chi connectivity index (χ2v) is 5.02. The van der Waals surface area contributed by atoms with Crippen LogP contribution in [0.4, 0.5) is 5.82 Å². The number of ether oxygens (including phenoxy) is 2. The van der Waals surface area contributed by atoms with E-state index in [1.165, 1.54) is 5.56 Å². The number of nitrogens with zero attached hydrogens (tertiary/aromatic N) is 2. The second kappa shape index (κ2) is 10.5. The van der Waals surface area contributed by atoms with Gasteiger partial charge < -0.3 is 19.7 Å². The zero-order chi connectivity index (χ0) is 15.5. The number of aromatic nitrogens is 1. The van der Waals surface area contributed by atoms with Crippen molar-refractivity contribution in [2.45, 2.75) is 26.3 Å². The lowest BCUT2D eigenvalue weighted by Crippen LogP contribution is -2.32. The standard InChI is InChI=1S/C16H29N3O2/c1-5-17-14(2)15-8-6-9-18-16(15)19(11-13-21-4)10-7-12-20-3/h6,8-9,14,17H,5,7,10-13H2,1-4H3. The van der Waals surface area contributed by atoms with Crippen molar-refractivity contribution in [2.75, 3.05) is 52.0 Å². The average molecular weight is 295 g/mol. The summed E-state index contributed by atoms with van der Waals surface area (Å²) in [5.41, 5.74) is 1.23. The summed E-state index contributed by atoms with van der Waals surface area (Å²) in [5.74, 6) is 1.04. The minimum atomic E-state index is 0.283. The van der Waals surface area contributed by atoms with E-state index >= 15 is 0 Å². The lowest BCUT2D eigenvalue weighted by Gasteiger charge is -2.27. The fourth-order valence-electron chi connectivity index (χ4n) is 2.35. The third-order valence-electron chi connectivity index (χ3n) is 3.44. The molecule has 1 heterocycles. The molecule has 0 aromatic carbocycles. The van der Waals surface area contributed by atoms with Crippen molar-refractivity contribution >= 4 is 5.82 Å². The van der Waals surface area contributed by atoms with E-state index in [-0.39, 0.29) is 6.04 Å². The summed E-state index contributed by atoms with van der Waals surface area (Å²) in [6.45, 7) is 8.44. The number of rotatable bonds is 11. The smallest absolute Gasteiger partial charge is 0.133 e. The SMILES string of the molecule is CCNC(C)c1cccnc1N(CCCOC)CCOC. The van der Waals surface area contributed by atoms with E-state index in [9.17, 15) is 0 Å². The van der Waals surface area contributed by atoms with Crippen LogP contribution in [0.5, 0.6) is 0 Å². The van der Waals surface area contributed by atoms with E-state index < -0.39 is 0 Å². The van der Waals surface area contributed by atoms with E-state index in [2.05, 4.69) is 35.1 Å². The van der Waals surface area contributed by atoms with Crippen molar-refractivity contribution in [2.24, 2.45) is 0 Å². The van der Waals surface area contributed by atoms with Gasteiger partial charge in [-0.15, -0.1) is 0 Å². The third kappa shape index (κ3) is 5.99. The van der Waals surface area contributed by atoms with Gasteiger partial charge in [0.15, 0.2) is 0 Å². The molecule has 21 heavy (non-hydrogen) atoms. The highest BCUT2D eigenvalue weighted by Crippen LogP contribution is 2.23. The van der Waals surface area contributed by atoms with Gasteiger partial charge in [0.1, 0.15) is 5.82 Å². The number of anilines is 1. The Hall–Kier alpha value is -1.17. The van der Waals surface area contributed by atoms with Gasteiger partial charge in [0.2, 0.25) is 0 Å².